The first kappa shape index (κ1) is 8.91. The van der Waals surface area contributed by atoms with E-state index in [1.165, 1.54) is 0 Å². The molecule has 12 heavy (non-hydrogen) atoms. The van der Waals surface area contributed by atoms with Gasteiger partial charge in [-0.25, -0.2) is 0 Å². The van der Waals surface area contributed by atoms with Gasteiger partial charge >= 0.3 is 0 Å². The number of phenols is 1. The summed E-state index contributed by atoms with van der Waals surface area (Å²) in [5.41, 5.74) is 7.51. The average molecular weight is 165 g/mol. The SMILES string of the molecule is CC(C)Cc1ccc(O)cc1N. The summed E-state index contributed by atoms with van der Waals surface area (Å²) < 4.78 is 0. The predicted molar refractivity (Wildman–Crippen MR) is 51.1 cm³/mol. The molecule has 66 valence electrons. The maximum Gasteiger partial charge on any atom is 0.117 e. The third-order valence-electron chi connectivity index (χ3n) is 1.76. The molecule has 0 aliphatic heterocycles. The Labute approximate surface area is 73.0 Å². The van der Waals surface area contributed by atoms with Crippen LogP contribution in [-0.4, -0.2) is 5.11 Å². The zero-order valence-electron chi connectivity index (χ0n) is 7.54. The number of rotatable bonds is 2. The first-order valence-corrected chi connectivity index (χ1v) is 4.17. The molecular formula is C10H15NO. The molecule has 0 fully saturated rings. The summed E-state index contributed by atoms with van der Waals surface area (Å²) in [6.45, 7) is 4.29. The molecule has 1 rings (SSSR count). The van der Waals surface area contributed by atoms with Crippen LogP contribution in [0.5, 0.6) is 5.75 Å². The first-order chi connectivity index (χ1) is 5.59. The summed E-state index contributed by atoms with van der Waals surface area (Å²) in [6, 6.07) is 5.15. The van der Waals surface area contributed by atoms with Crippen LogP contribution >= 0.6 is 0 Å². The molecular weight excluding hydrogens is 150 g/mol. The van der Waals surface area contributed by atoms with E-state index in [0.29, 0.717) is 11.6 Å². The van der Waals surface area contributed by atoms with Crippen molar-refractivity contribution in [3.05, 3.63) is 23.8 Å². The fourth-order valence-electron chi connectivity index (χ4n) is 1.21. The van der Waals surface area contributed by atoms with Gasteiger partial charge in [0, 0.05) is 11.8 Å². The van der Waals surface area contributed by atoms with Crippen LogP contribution in [0.1, 0.15) is 19.4 Å². The summed E-state index contributed by atoms with van der Waals surface area (Å²) in [5.74, 6) is 0.830. The van der Waals surface area contributed by atoms with Crippen LogP contribution in [0.15, 0.2) is 18.2 Å². The number of nitrogen functional groups attached to an aromatic ring is 1. The third kappa shape index (κ3) is 2.16. The molecule has 0 aliphatic carbocycles. The molecule has 0 atom stereocenters. The van der Waals surface area contributed by atoms with E-state index in [-0.39, 0.29) is 5.75 Å². The van der Waals surface area contributed by atoms with Crippen molar-refractivity contribution in [1.82, 2.24) is 0 Å². The standard InChI is InChI=1S/C10H15NO/c1-7(2)5-8-3-4-9(12)6-10(8)11/h3-4,6-7,12H,5,11H2,1-2H3. The molecule has 0 spiro atoms. The number of hydrogen-bond donors (Lipinski definition) is 2. The van der Waals surface area contributed by atoms with Gasteiger partial charge in [-0.3, -0.25) is 0 Å². The highest BCUT2D eigenvalue weighted by Gasteiger charge is 2.02. The Morgan fingerprint density at radius 1 is 1.42 bits per heavy atom. The second-order valence-corrected chi connectivity index (χ2v) is 3.48. The third-order valence-corrected chi connectivity index (χ3v) is 1.76. The van der Waals surface area contributed by atoms with Gasteiger partial charge in [-0.1, -0.05) is 19.9 Å². The molecule has 0 heterocycles. The molecule has 2 nitrogen and oxygen atoms in total. The van der Waals surface area contributed by atoms with E-state index in [1.807, 2.05) is 6.07 Å². The van der Waals surface area contributed by atoms with Gasteiger partial charge in [0.05, 0.1) is 0 Å². The normalized spacial score (nSPS) is 10.6. The molecule has 1 aromatic rings. The summed E-state index contributed by atoms with van der Waals surface area (Å²) >= 11 is 0. The highest BCUT2D eigenvalue weighted by Crippen LogP contribution is 2.20. The van der Waals surface area contributed by atoms with E-state index in [4.69, 9.17) is 10.8 Å². The zero-order valence-corrected chi connectivity index (χ0v) is 7.54. The van der Waals surface area contributed by atoms with Crippen LogP contribution in [0.3, 0.4) is 0 Å². The minimum absolute atomic E-state index is 0.236. The van der Waals surface area contributed by atoms with Gasteiger partial charge in [0.25, 0.3) is 0 Å². The van der Waals surface area contributed by atoms with Gasteiger partial charge in [-0.2, -0.15) is 0 Å². The molecule has 0 bridgehead atoms. The highest BCUT2D eigenvalue weighted by atomic mass is 16.3. The van der Waals surface area contributed by atoms with Gasteiger partial charge in [-0.05, 0) is 24.0 Å². The van der Waals surface area contributed by atoms with Gasteiger partial charge < -0.3 is 10.8 Å². The lowest BCUT2D eigenvalue weighted by atomic mass is 10.0. The van der Waals surface area contributed by atoms with Crippen LogP contribution in [0, 0.1) is 5.92 Å². The predicted octanol–water partition coefficient (Wildman–Crippen LogP) is 2.17. The molecule has 3 N–H and O–H groups in total. The summed E-state index contributed by atoms with van der Waals surface area (Å²) in [5, 5.41) is 9.09. The van der Waals surface area contributed by atoms with E-state index < -0.39 is 0 Å². The summed E-state index contributed by atoms with van der Waals surface area (Å²) in [7, 11) is 0. The Bertz CT molecular complexity index is 269. The second-order valence-electron chi connectivity index (χ2n) is 3.48. The molecule has 0 saturated heterocycles. The maximum atomic E-state index is 9.09. The summed E-state index contributed by atoms with van der Waals surface area (Å²) in [6.07, 6.45) is 0.964. The zero-order chi connectivity index (χ0) is 9.14. The van der Waals surface area contributed by atoms with Crippen LogP contribution in [0.4, 0.5) is 5.69 Å². The molecule has 0 amide bonds. The number of benzene rings is 1. The van der Waals surface area contributed by atoms with Gasteiger partial charge in [0.1, 0.15) is 5.75 Å². The number of anilines is 1. The van der Waals surface area contributed by atoms with Crippen LogP contribution < -0.4 is 5.73 Å². The molecule has 0 radical (unpaired) electrons. The van der Waals surface area contributed by atoms with E-state index in [9.17, 15) is 0 Å². The molecule has 0 aliphatic rings. The minimum atomic E-state index is 0.236. The van der Waals surface area contributed by atoms with Gasteiger partial charge in [-0.15, -0.1) is 0 Å². The molecule has 1 aromatic carbocycles. The van der Waals surface area contributed by atoms with E-state index in [1.54, 1.807) is 12.1 Å². The fraction of sp³-hybridized carbons (Fsp3) is 0.400. The largest absolute Gasteiger partial charge is 0.508 e. The van der Waals surface area contributed by atoms with Crippen molar-refractivity contribution in [1.29, 1.82) is 0 Å². The van der Waals surface area contributed by atoms with E-state index in [2.05, 4.69) is 13.8 Å². The van der Waals surface area contributed by atoms with Crippen molar-refractivity contribution >= 4 is 5.69 Å². The Kier molecular flexibility index (Phi) is 2.58. The molecule has 2 heteroatoms. The Morgan fingerprint density at radius 2 is 2.08 bits per heavy atom. The number of hydrogen-bond acceptors (Lipinski definition) is 2. The smallest absolute Gasteiger partial charge is 0.117 e. The van der Waals surface area contributed by atoms with Crippen molar-refractivity contribution in [2.45, 2.75) is 20.3 Å². The number of phenolic OH excluding ortho intramolecular Hbond substituents is 1. The molecule has 0 aromatic heterocycles. The minimum Gasteiger partial charge on any atom is -0.508 e. The maximum absolute atomic E-state index is 9.09. The Hall–Kier alpha value is -1.18. The second kappa shape index (κ2) is 3.48. The van der Waals surface area contributed by atoms with Gasteiger partial charge in [0.15, 0.2) is 0 Å². The fourth-order valence-corrected chi connectivity index (χ4v) is 1.21. The van der Waals surface area contributed by atoms with Crippen LogP contribution in [-0.2, 0) is 6.42 Å². The quantitative estimate of drug-likeness (QED) is 0.660. The average Bonchev–Trinajstić information content (AvgIpc) is 1.94. The van der Waals surface area contributed by atoms with Crippen LogP contribution in [0.25, 0.3) is 0 Å². The lowest BCUT2D eigenvalue weighted by Crippen LogP contribution is -1.98. The lowest BCUT2D eigenvalue weighted by molar-refractivity contribution is 0.475. The molecule has 0 unspecified atom stereocenters. The van der Waals surface area contributed by atoms with Crippen molar-refractivity contribution in [3.63, 3.8) is 0 Å². The first-order valence-electron chi connectivity index (χ1n) is 4.17. The van der Waals surface area contributed by atoms with Crippen molar-refractivity contribution in [3.8, 4) is 5.75 Å². The molecule has 0 saturated carbocycles. The van der Waals surface area contributed by atoms with Crippen molar-refractivity contribution in [2.75, 3.05) is 5.73 Å². The monoisotopic (exact) mass is 165 g/mol. The van der Waals surface area contributed by atoms with Crippen molar-refractivity contribution < 1.29 is 5.11 Å². The summed E-state index contributed by atoms with van der Waals surface area (Å²) in [4.78, 5) is 0. The van der Waals surface area contributed by atoms with E-state index >= 15 is 0 Å². The number of nitrogens with two attached hydrogens (primary N) is 1. The lowest BCUT2D eigenvalue weighted by Gasteiger charge is -2.07. The Morgan fingerprint density at radius 3 is 2.58 bits per heavy atom. The van der Waals surface area contributed by atoms with Crippen molar-refractivity contribution in [2.24, 2.45) is 5.92 Å². The Balaban J connectivity index is 2.86. The van der Waals surface area contributed by atoms with Crippen LogP contribution in [0.2, 0.25) is 0 Å². The van der Waals surface area contributed by atoms with E-state index in [0.717, 1.165) is 12.0 Å². The number of aromatic hydroxyl groups is 1. The van der Waals surface area contributed by atoms with Gasteiger partial charge in [0.2, 0.25) is 0 Å². The topological polar surface area (TPSA) is 46.2 Å². The highest BCUT2D eigenvalue weighted by molar-refractivity contribution is 5.51.